The van der Waals surface area contributed by atoms with Crippen molar-refractivity contribution in [1.29, 1.82) is 5.39 Å². The molecule has 0 saturated heterocycles. The van der Waals surface area contributed by atoms with Gasteiger partial charge in [0.25, 0.3) is 5.69 Å². The maximum absolute atomic E-state index is 10.9. The van der Waals surface area contributed by atoms with Crippen LogP contribution in [0, 0.1) is 15.5 Å². The molecule has 70 valence electrons. The van der Waals surface area contributed by atoms with Crippen LogP contribution in [0.2, 0.25) is 0 Å². The molecule has 1 rings (SSSR count). The van der Waals surface area contributed by atoms with Crippen molar-refractivity contribution in [3.05, 3.63) is 38.9 Å². The number of carbonyl (C=O) groups excluding carboxylic acids is 1. The summed E-state index contributed by atoms with van der Waals surface area (Å²) in [7, 11) is 0. The Kier molecular flexibility index (Phi) is 2.53. The van der Waals surface area contributed by atoms with Crippen LogP contribution in [0.15, 0.2) is 18.2 Å². The van der Waals surface area contributed by atoms with Crippen molar-refractivity contribution in [3.8, 4) is 0 Å². The van der Waals surface area contributed by atoms with Crippen molar-refractivity contribution < 1.29 is 9.72 Å². The van der Waals surface area contributed by atoms with Gasteiger partial charge < -0.3 is 0 Å². The molecule has 0 saturated carbocycles. The minimum atomic E-state index is -0.652. The molecule has 0 aliphatic rings. The maximum Gasteiger partial charge on any atom is 0.392 e. The summed E-state index contributed by atoms with van der Waals surface area (Å²) in [6.45, 7) is 1.28. The first-order valence-electron chi connectivity index (χ1n) is 3.70. The van der Waals surface area contributed by atoms with E-state index in [1.807, 2.05) is 0 Å². The normalized spacial score (nSPS) is 9.14. The third-order valence-corrected chi connectivity index (χ3v) is 1.64. The molecule has 0 radical (unpaired) electrons. The van der Waals surface area contributed by atoms with E-state index in [9.17, 15) is 14.9 Å². The summed E-state index contributed by atoms with van der Waals surface area (Å²) in [6.07, 6.45) is 0. The van der Waals surface area contributed by atoms with Crippen LogP contribution in [0.25, 0.3) is 4.98 Å². The number of ketones is 1. The second-order valence-corrected chi connectivity index (χ2v) is 2.65. The first kappa shape index (κ1) is 9.80. The molecule has 0 heterocycles. The van der Waals surface area contributed by atoms with Crippen LogP contribution in [-0.4, -0.2) is 10.7 Å². The van der Waals surface area contributed by atoms with Crippen LogP contribution >= 0.6 is 0 Å². The van der Waals surface area contributed by atoms with Gasteiger partial charge in [0.05, 0.1) is 4.92 Å². The summed E-state index contributed by atoms with van der Waals surface area (Å²) < 4.78 is 0. The van der Waals surface area contributed by atoms with Crippen LogP contribution in [0.3, 0.4) is 0 Å². The predicted molar refractivity (Wildman–Crippen MR) is 47.8 cm³/mol. The number of nitrogens with zero attached hydrogens (tertiary/aromatic N) is 3. The quantitative estimate of drug-likeness (QED) is 0.311. The molecule has 0 aliphatic heterocycles. The molecule has 1 aromatic carbocycles. The zero-order chi connectivity index (χ0) is 10.7. The highest BCUT2D eigenvalue weighted by atomic mass is 16.6. The van der Waals surface area contributed by atoms with E-state index in [0.717, 1.165) is 12.1 Å². The van der Waals surface area contributed by atoms with Crippen molar-refractivity contribution >= 4 is 17.2 Å². The largest absolute Gasteiger partial charge is 0.392 e. The SMILES string of the molecule is CC(=O)c1cc([N+]#N)cc([N+](=O)[O-])c1. The summed E-state index contributed by atoms with van der Waals surface area (Å²) in [5.74, 6) is -0.321. The van der Waals surface area contributed by atoms with Gasteiger partial charge in [-0.25, -0.2) is 0 Å². The molecule has 1 aromatic rings. The average molecular weight is 192 g/mol. The lowest BCUT2D eigenvalue weighted by Crippen LogP contribution is -1.94. The predicted octanol–water partition coefficient (Wildman–Crippen LogP) is 2.28. The third-order valence-electron chi connectivity index (χ3n) is 1.64. The Hall–Kier alpha value is -2.29. The lowest BCUT2D eigenvalue weighted by molar-refractivity contribution is -0.384. The van der Waals surface area contributed by atoms with Gasteiger partial charge in [-0.05, 0) is 6.92 Å². The minimum Gasteiger partial charge on any atom is -0.295 e. The number of non-ortho nitro benzene ring substituents is 1. The molecule has 0 spiro atoms. The Morgan fingerprint density at radius 3 is 2.57 bits per heavy atom. The topological polar surface area (TPSA) is 88.4 Å². The lowest BCUT2D eigenvalue weighted by Gasteiger charge is -1.92. The van der Waals surface area contributed by atoms with Crippen molar-refractivity contribution in [2.24, 2.45) is 0 Å². The van der Waals surface area contributed by atoms with Gasteiger partial charge in [-0.1, -0.05) is 0 Å². The van der Waals surface area contributed by atoms with E-state index >= 15 is 0 Å². The fourth-order valence-corrected chi connectivity index (χ4v) is 0.962. The molecule has 0 aromatic heterocycles. The van der Waals surface area contributed by atoms with Crippen LogP contribution < -0.4 is 0 Å². The van der Waals surface area contributed by atoms with Crippen molar-refractivity contribution in [2.75, 3.05) is 0 Å². The number of nitro groups is 1. The number of carbonyl (C=O) groups is 1. The van der Waals surface area contributed by atoms with E-state index < -0.39 is 4.92 Å². The number of hydrogen-bond donors (Lipinski definition) is 0. The first-order chi connectivity index (χ1) is 6.54. The number of benzene rings is 1. The van der Waals surface area contributed by atoms with Crippen molar-refractivity contribution in [2.45, 2.75) is 6.92 Å². The van der Waals surface area contributed by atoms with Crippen LogP contribution in [-0.2, 0) is 0 Å². The van der Waals surface area contributed by atoms with Gasteiger partial charge in [-0.15, -0.1) is 0 Å². The molecule has 14 heavy (non-hydrogen) atoms. The van der Waals surface area contributed by atoms with E-state index in [-0.39, 0.29) is 22.7 Å². The second-order valence-electron chi connectivity index (χ2n) is 2.65. The molecule has 6 heteroatoms. The van der Waals surface area contributed by atoms with Crippen molar-refractivity contribution in [1.82, 2.24) is 0 Å². The Morgan fingerprint density at radius 2 is 2.14 bits per heavy atom. The summed E-state index contributed by atoms with van der Waals surface area (Å²) >= 11 is 0. The van der Waals surface area contributed by atoms with Gasteiger partial charge in [0.2, 0.25) is 5.39 Å². The van der Waals surface area contributed by atoms with Gasteiger partial charge >= 0.3 is 5.69 Å². The highest BCUT2D eigenvalue weighted by molar-refractivity contribution is 5.95. The Morgan fingerprint density at radius 1 is 1.50 bits per heavy atom. The van der Waals surface area contributed by atoms with E-state index in [2.05, 4.69) is 4.98 Å². The standard InChI is InChI=1S/C8H6N3O3/c1-5(12)6-2-7(10-9)4-8(3-6)11(13)14/h2-4H,1H3/q+1. The smallest absolute Gasteiger partial charge is 0.295 e. The van der Waals surface area contributed by atoms with E-state index in [0.29, 0.717) is 0 Å². The molecule has 0 N–H and O–H groups in total. The highest BCUT2D eigenvalue weighted by Crippen LogP contribution is 2.23. The third kappa shape index (κ3) is 1.90. The number of hydrogen-bond acceptors (Lipinski definition) is 4. The Balaban J connectivity index is 3.36. The number of diazo groups is 1. The van der Waals surface area contributed by atoms with Crippen LogP contribution in [0.5, 0.6) is 0 Å². The average Bonchev–Trinajstić information content (AvgIpc) is 2.16. The molecule has 0 amide bonds. The van der Waals surface area contributed by atoms with Crippen LogP contribution in [0.1, 0.15) is 17.3 Å². The van der Waals surface area contributed by atoms with Gasteiger partial charge in [-0.3, -0.25) is 14.9 Å². The summed E-state index contributed by atoms with van der Waals surface area (Å²) in [4.78, 5) is 23.5. The molecule has 0 aliphatic carbocycles. The van der Waals surface area contributed by atoms with E-state index in [4.69, 9.17) is 5.39 Å². The van der Waals surface area contributed by atoms with Gasteiger partial charge in [0, 0.05) is 17.7 Å². The van der Waals surface area contributed by atoms with E-state index in [1.165, 1.54) is 13.0 Å². The molecule has 0 bridgehead atoms. The maximum atomic E-state index is 10.9. The summed E-state index contributed by atoms with van der Waals surface area (Å²) in [5, 5.41) is 18.9. The van der Waals surface area contributed by atoms with Gasteiger partial charge in [0.15, 0.2) is 10.8 Å². The van der Waals surface area contributed by atoms with Gasteiger partial charge in [-0.2, -0.15) is 0 Å². The second kappa shape index (κ2) is 3.62. The molecule has 0 atom stereocenters. The zero-order valence-electron chi connectivity index (χ0n) is 7.30. The Labute approximate surface area is 78.9 Å². The number of nitro benzene ring substituents is 1. The Bertz CT molecular complexity index is 415. The number of rotatable bonds is 2. The molecule has 0 fully saturated rings. The van der Waals surface area contributed by atoms with Crippen LogP contribution in [0.4, 0.5) is 11.4 Å². The zero-order valence-corrected chi connectivity index (χ0v) is 7.30. The fourth-order valence-electron chi connectivity index (χ4n) is 0.962. The molecular formula is C8H6N3O3+. The summed E-state index contributed by atoms with van der Waals surface area (Å²) in [5.41, 5.74) is -0.137. The lowest BCUT2D eigenvalue weighted by atomic mass is 10.1. The highest BCUT2D eigenvalue weighted by Gasteiger charge is 2.17. The van der Waals surface area contributed by atoms with E-state index in [1.54, 1.807) is 0 Å². The molecule has 6 nitrogen and oxygen atoms in total. The summed E-state index contributed by atoms with van der Waals surface area (Å²) in [6, 6.07) is 3.48. The fraction of sp³-hybridized carbons (Fsp3) is 0.125. The first-order valence-corrected chi connectivity index (χ1v) is 3.70. The molecule has 0 unspecified atom stereocenters. The number of Topliss-reactive ketones (excluding diaryl/α,β-unsaturated/α-hetero) is 1. The minimum absolute atomic E-state index is 0.00981. The monoisotopic (exact) mass is 192 g/mol. The van der Waals surface area contributed by atoms with Crippen molar-refractivity contribution in [3.63, 3.8) is 0 Å². The molecular weight excluding hydrogens is 186 g/mol. The van der Waals surface area contributed by atoms with Gasteiger partial charge in [0.1, 0.15) is 6.07 Å².